The zero-order valence-electron chi connectivity index (χ0n) is 33.7. The Balaban J connectivity index is 0.991. The van der Waals surface area contributed by atoms with Crippen molar-refractivity contribution < 1.29 is 32.3 Å². The average molecular weight is 818 g/mol. The van der Waals surface area contributed by atoms with Crippen LogP contribution in [0.2, 0.25) is 0 Å². The third-order valence-corrected chi connectivity index (χ3v) is 14.1. The van der Waals surface area contributed by atoms with E-state index < -0.39 is 32.6 Å². The summed E-state index contributed by atoms with van der Waals surface area (Å²) >= 11 is 0. The van der Waals surface area contributed by atoms with E-state index in [2.05, 4.69) is 40.3 Å². The molecule has 2 amide bonds. The van der Waals surface area contributed by atoms with Gasteiger partial charge in [0.05, 0.1) is 36.4 Å². The molecule has 18 nitrogen and oxygen atoms in total. The molecule has 0 unspecified atom stereocenters. The fourth-order valence-corrected chi connectivity index (χ4v) is 9.10. The SMILES string of the molecule is COC(=O)[C@@H]1CC[C@@H]2CCN(C(=O)c3cnc(N4CCC(COc5cc6ncnc(Nc7n[nH]c(C)c7C)c6cc5S(=O)(=O)C(C)(C)C)CC4)cn3)C[C@H](N)C(=O)N21. The lowest BCUT2D eigenvalue weighted by Crippen LogP contribution is -2.58. The molecule has 3 fully saturated rings. The maximum Gasteiger partial charge on any atom is 0.328 e. The predicted molar refractivity (Wildman–Crippen MR) is 214 cm³/mol. The molecule has 0 radical (unpaired) electrons. The number of aryl methyl sites for hydroxylation is 1. The Morgan fingerprint density at radius 3 is 2.40 bits per heavy atom. The number of esters is 1. The average Bonchev–Trinajstić information content (AvgIpc) is 3.78. The van der Waals surface area contributed by atoms with E-state index in [1.54, 1.807) is 48.9 Å². The normalized spacial score (nSPS) is 20.8. The van der Waals surface area contributed by atoms with Crippen LogP contribution in [0.1, 0.15) is 74.6 Å². The number of rotatable bonds is 9. The first-order valence-corrected chi connectivity index (χ1v) is 21.0. The van der Waals surface area contributed by atoms with Crippen molar-refractivity contribution in [1.82, 2.24) is 39.9 Å². The molecule has 7 rings (SSSR count). The first-order valence-electron chi connectivity index (χ1n) is 19.5. The topological polar surface area (TPSA) is 232 Å². The molecular formula is C39H51N11O7S. The van der Waals surface area contributed by atoms with Crippen LogP contribution in [-0.4, -0.2) is 129 Å². The number of amides is 2. The molecule has 3 aliphatic heterocycles. The van der Waals surface area contributed by atoms with Gasteiger partial charge in [-0.1, -0.05) is 0 Å². The third kappa shape index (κ3) is 7.88. The number of anilines is 3. The lowest BCUT2D eigenvalue weighted by Gasteiger charge is -2.37. The number of methoxy groups -OCH3 is 1. The van der Waals surface area contributed by atoms with Crippen LogP contribution in [0.3, 0.4) is 0 Å². The molecule has 0 saturated carbocycles. The summed E-state index contributed by atoms with van der Waals surface area (Å²) in [6.45, 7) is 10.8. The van der Waals surface area contributed by atoms with Crippen molar-refractivity contribution in [2.75, 3.05) is 50.1 Å². The van der Waals surface area contributed by atoms with Crippen molar-refractivity contribution in [3.63, 3.8) is 0 Å². The molecule has 19 heteroatoms. The zero-order valence-corrected chi connectivity index (χ0v) is 34.5. The summed E-state index contributed by atoms with van der Waals surface area (Å²) < 4.78 is 38.1. The molecule has 0 aliphatic carbocycles. The number of benzene rings is 1. The van der Waals surface area contributed by atoms with E-state index in [4.69, 9.17) is 15.2 Å². The highest BCUT2D eigenvalue weighted by atomic mass is 32.2. The Hall–Kier alpha value is -5.43. The van der Waals surface area contributed by atoms with Gasteiger partial charge in [0.1, 0.15) is 46.4 Å². The Kier molecular flexibility index (Phi) is 11.3. The van der Waals surface area contributed by atoms with Crippen molar-refractivity contribution in [2.45, 2.75) is 94.5 Å². The van der Waals surface area contributed by atoms with Gasteiger partial charge in [0.2, 0.25) is 5.91 Å². The van der Waals surface area contributed by atoms with Crippen molar-refractivity contribution in [3.05, 3.63) is 47.8 Å². The largest absolute Gasteiger partial charge is 0.492 e. The van der Waals surface area contributed by atoms with Crippen LogP contribution >= 0.6 is 0 Å². The number of hydrogen-bond donors (Lipinski definition) is 3. The van der Waals surface area contributed by atoms with Gasteiger partial charge in [-0.05, 0) is 78.7 Å². The fourth-order valence-electron chi connectivity index (χ4n) is 7.78. The van der Waals surface area contributed by atoms with Crippen molar-refractivity contribution in [3.8, 4) is 5.75 Å². The van der Waals surface area contributed by atoms with Crippen molar-refractivity contribution in [2.24, 2.45) is 11.7 Å². The van der Waals surface area contributed by atoms with Crippen LogP contribution in [0.15, 0.2) is 35.7 Å². The number of hydrogen-bond acceptors (Lipinski definition) is 15. The van der Waals surface area contributed by atoms with Gasteiger partial charge in [-0.2, -0.15) is 5.10 Å². The predicted octanol–water partition coefficient (Wildman–Crippen LogP) is 3.08. The van der Waals surface area contributed by atoms with E-state index in [0.29, 0.717) is 73.9 Å². The third-order valence-electron chi connectivity index (χ3n) is 11.5. The van der Waals surface area contributed by atoms with Gasteiger partial charge >= 0.3 is 5.97 Å². The van der Waals surface area contributed by atoms with Gasteiger partial charge in [0, 0.05) is 54.9 Å². The lowest BCUT2D eigenvalue weighted by atomic mass is 9.98. The van der Waals surface area contributed by atoms with Gasteiger partial charge in [0.25, 0.3) is 5.91 Å². The van der Waals surface area contributed by atoms with Crippen molar-refractivity contribution >= 4 is 56.0 Å². The number of aromatic amines is 1. The van der Waals surface area contributed by atoms with Gasteiger partial charge in [-0.25, -0.2) is 33.1 Å². The number of aromatic nitrogens is 6. The van der Waals surface area contributed by atoms with Crippen LogP contribution < -0.4 is 20.7 Å². The monoisotopic (exact) mass is 817 g/mol. The molecule has 3 aliphatic rings. The zero-order chi connectivity index (χ0) is 41.5. The lowest BCUT2D eigenvalue weighted by molar-refractivity contribution is -0.153. The van der Waals surface area contributed by atoms with Crippen LogP contribution in [0.4, 0.5) is 17.5 Å². The van der Waals surface area contributed by atoms with Crippen LogP contribution in [0.5, 0.6) is 5.75 Å². The number of fused-ring (bicyclic) bond motifs is 2. The molecule has 0 spiro atoms. The standard InChI is InChI=1S/C39H51N11O7S/c1-22-23(2)46-47-34(22)45-35-26-15-32(58(54,55)39(3,4)5)31(16-28(26)43-21-44-35)57-20-24-9-12-48(13-10-24)33-18-41-29(17-42-33)37(52)49-14-11-25-7-8-30(38(53)56-6)50(25)36(51)27(40)19-49/h15-18,21,24-25,27,30H,7-14,19-20,40H2,1-6H3,(H2,43,44,45,46,47)/t25-,27+,30+/m1/s1. The number of sulfone groups is 1. The number of nitrogens with zero attached hydrogens (tertiary/aromatic N) is 8. The van der Waals surface area contributed by atoms with Gasteiger partial charge in [0.15, 0.2) is 15.7 Å². The first kappa shape index (κ1) is 40.8. The van der Waals surface area contributed by atoms with Crippen LogP contribution in [-0.2, 0) is 24.2 Å². The summed E-state index contributed by atoms with van der Waals surface area (Å²) in [4.78, 5) is 62.3. The highest BCUT2D eigenvalue weighted by Crippen LogP contribution is 2.38. The summed E-state index contributed by atoms with van der Waals surface area (Å²) in [6, 6.07) is 1.40. The van der Waals surface area contributed by atoms with Gasteiger partial charge < -0.3 is 35.2 Å². The number of piperidine rings is 1. The minimum Gasteiger partial charge on any atom is -0.492 e. The minimum atomic E-state index is -3.84. The number of nitrogens with two attached hydrogens (primary N) is 1. The summed E-state index contributed by atoms with van der Waals surface area (Å²) in [5, 5.41) is 11.0. The van der Waals surface area contributed by atoms with E-state index in [-0.39, 0.29) is 46.7 Å². The highest BCUT2D eigenvalue weighted by Gasteiger charge is 2.45. The quantitative estimate of drug-likeness (QED) is 0.206. The molecular weight excluding hydrogens is 767 g/mol. The number of carbonyl (C=O) groups excluding carboxylic acids is 3. The Bertz CT molecular complexity index is 2300. The summed E-state index contributed by atoms with van der Waals surface area (Å²) in [5.74, 6) is 0.835. The Labute approximate surface area is 337 Å². The number of carbonyl (C=O) groups is 3. The second kappa shape index (κ2) is 16.1. The van der Waals surface area contributed by atoms with E-state index in [9.17, 15) is 22.8 Å². The van der Waals surface area contributed by atoms with Crippen LogP contribution in [0.25, 0.3) is 10.9 Å². The summed E-state index contributed by atoms with van der Waals surface area (Å²) in [6.07, 6.45) is 7.59. The minimum absolute atomic E-state index is 0.00601. The molecule has 6 heterocycles. The maximum absolute atomic E-state index is 14.0. The first-order chi connectivity index (χ1) is 27.6. The molecule has 0 bridgehead atoms. The van der Waals surface area contributed by atoms with Crippen molar-refractivity contribution in [1.29, 1.82) is 0 Å². The molecule has 4 N–H and O–H groups in total. The highest BCUT2D eigenvalue weighted by molar-refractivity contribution is 7.92. The van der Waals surface area contributed by atoms with Gasteiger partial charge in [-0.15, -0.1) is 0 Å². The Morgan fingerprint density at radius 2 is 1.74 bits per heavy atom. The van der Waals surface area contributed by atoms with Gasteiger partial charge in [-0.3, -0.25) is 14.7 Å². The second-order valence-electron chi connectivity index (χ2n) is 16.3. The molecule has 1 aromatic carbocycles. The van der Waals surface area contributed by atoms with E-state index in [1.807, 2.05) is 13.8 Å². The molecule has 3 atom stereocenters. The number of nitrogens with one attached hydrogen (secondary N) is 2. The van der Waals surface area contributed by atoms with E-state index in [0.717, 1.165) is 24.1 Å². The van der Waals surface area contributed by atoms with E-state index in [1.165, 1.54) is 19.6 Å². The fraction of sp³-hybridized carbons (Fsp3) is 0.538. The number of ether oxygens (including phenoxy) is 2. The second-order valence-corrected chi connectivity index (χ2v) is 18.9. The number of H-pyrrole nitrogens is 1. The Morgan fingerprint density at radius 1 is 0.983 bits per heavy atom. The molecule has 4 aromatic rings. The van der Waals surface area contributed by atoms with E-state index >= 15 is 0 Å². The molecule has 3 saturated heterocycles. The summed E-state index contributed by atoms with van der Waals surface area (Å²) in [5.41, 5.74) is 8.77. The molecule has 310 valence electrons. The smallest absolute Gasteiger partial charge is 0.328 e. The molecule has 58 heavy (non-hydrogen) atoms. The summed E-state index contributed by atoms with van der Waals surface area (Å²) in [7, 11) is -2.54. The maximum atomic E-state index is 14.0. The van der Waals surface area contributed by atoms with Crippen LogP contribution in [0, 0.1) is 19.8 Å². The molecule has 3 aromatic heterocycles.